The normalized spacial score (nSPS) is 31.1. The van der Waals surface area contributed by atoms with Gasteiger partial charge in [0.1, 0.15) is 17.6 Å². The van der Waals surface area contributed by atoms with Gasteiger partial charge in [0.15, 0.2) is 0 Å². The minimum atomic E-state index is -1.24. The van der Waals surface area contributed by atoms with Crippen molar-refractivity contribution in [3.8, 4) is 0 Å². The van der Waals surface area contributed by atoms with E-state index in [0.717, 1.165) is 5.56 Å². The molecule has 1 N–H and O–H groups in total. The first-order valence-corrected chi connectivity index (χ1v) is 14.0. The van der Waals surface area contributed by atoms with E-state index in [4.69, 9.17) is 9.47 Å². The molecule has 2 aromatic rings. The Balaban J connectivity index is 1.65. The molecule has 2 amide bonds. The van der Waals surface area contributed by atoms with Gasteiger partial charge in [-0.1, -0.05) is 73.7 Å². The minimum absolute atomic E-state index is 0.104. The van der Waals surface area contributed by atoms with Crippen LogP contribution < -0.4 is 0 Å². The third-order valence-electron chi connectivity index (χ3n) is 9.10. The predicted molar refractivity (Wildman–Crippen MR) is 149 cm³/mol. The summed E-state index contributed by atoms with van der Waals surface area (Å²) in [7, 11) is 0. The summed E-state index contributed by atoms with van der Waals surface area (Å²) in [6, 6.07) is 17.0. The minimum Gasteiger partial charge on any atom is -0.466 e. The second kappa shape index (κ2) is 10.8. The van der Waals surface area contributed by atoms with Gasteiger partial charge in [-0.3, -0.25) is 14.4 Å². The second-order valence-corrected chi connectivity index (χ2v) is 11.3. The van der Waals surface area contributed by atoms with E-state index in [9.17, 15) is 19.5 Å². The van der Waals surface area contributed by atoms with Crippen molar-refractivity contribution in [2.24, 2.45) is 17.8 Å². The van der Waals surface area contributed by atoms with Gasteiger partial charge >= 0.3 is 5.97 Å². The Hall–Kier alpha value is -3.49. The molecular formula is C32H38N2O6. The number of benzene rings is 2. The van der Waals surface area contributed by atoms with Gasteiger partial charge in [-0.25, -0.2) is 0 Å². The number of esters is 1. The molecule has 0 radical (unpaired) electrons. The van der Waals surface area contributed by atoms with Gasteiger partial charge in [0.2, 0.25) is 11.8 Å². The van der Waals surface area contributed by atoms with Gasteiger partial charge in [-0.05, 0) is 37.3 Å². The predicted octanol–water partition coefficient (Wildman–Crippen LogP) is 3.51. The van der Waals surface area contributed by atoms with Crippen molar-refractivity contribution in [1.29, 1.82) is 0 Å². The third kappa shape index (κ3) is 4.25. The summed E-state index contributed by atoms with van der Waals surface area (Å²) in [5.74, 6) is -3.02. The number of hydrogen-bond donors (Lipinski definition) is 1. The Morgan fingerprint density at radius 3 is 2.45 bits per heavy atom. The Morgan fingerprint density at radius 2 is 1.85 bits per heavy atom. The zero-order chi connectivity index (χ0) is 28.7. The number of aliphatic hydroxyl groups excluding tert-OH is 1. The van der Waals surface area contributed by atoms with Crippen LogP contribution in [0.2, 0.25) is 0 Å². The van der Waals surface area contributed by atoms with Crippen LogP contribution >= 0.6 is 0 Å². The van der Waals surface area contributed by atoms with Crippen molar-refractivity contribution in [1.82, 2.24) is 9.80 Å². The van der Waals surface area contributed by atoms with Gasteiger partial charge in [-0.15, -0.1) is 6.58 Å². The van der Waals surface area contributed by atoms with Crippen LogP contribution in [0.5, 0.6) is 0 Å². The molecule has 0 aliphatic carbocycles. The monoisotopic (exact) mass is 546 g/mol. The molecule has 212 valence electrons. The van der Waals surface area contributed by atoms with E-state index in [-0.39, 0.29) is 37.5 Å². The van der Waals surface area contributed by atoms with E-state index in [1.165, 1.54) is 4.90 Å². The molecule has 3 aliphatic rings. The highest BCUT2D eigenvalue weighted by atomic mass is 16.6. The van der Waals surface area contributed by atoms with Crippen LogP contribution in [0.15, 0.2) is 73.3 Å². The molecule has 8 nitrogen and oxygen atoms in total. The van der Waals surface area contributed by atoms with Crippen molar-refractivity contribution < 1.29 is 29.0 Å². The fraction of sp³-hybridized carbons (Fsp3) is 0.469. The Morgan fingerprint density at radius 1 is 1.20 bits per heavy atom. The van der Waals surface area contributed by atoms with Crippen LogP contribution in [-0.2, 0) is 30.4 Å². The molecule has 3 heterocycles. The first kappa shape index (κ1) is 28.1. The van der Waals surface area contributed by atoms with E-state index < -0.39 is 41.1 Å². The van der Waals surface area contributed by atoms with E-state index >= 15 is 0 Å². The SMILES string of the molecule is C=CCN(Cc1ccccc1)C(=O)C1N([C@H](CO)c2ccccc2)C(=O)[C@@H]2[C@@H](C(=O)OCC)[C@]3(C)OC12CC3C. The number of carbonyl (C=O) groups excluding carboxylic acids is 3. The summed E-state index contributed by atoms with van der Waals surface area (Å²) in [6.07, 6.45) is 2.10. The largest absolute Gasteiger partial charge is 0.466 e. The average molecular weight is 547 g/mol. The zero-order valence-electron chi connectivity index (χ0n) is 23.4. The van der Waals surface area contributed by atoms with Crippen LogP contribution in [0.4, 0.5) is 0 Å². The maximum absolute atomic E-state index is 14.7. The van der Waals surface area contributed by atoms with Crippen LogP contribution in [0, 0.1) is 17.8 Å². The van der Waals surface area contributed by atoms with Gasteiger partial charge in [0.25, 0.3) is 0 Å². The molecule has 3 unspecified atom stereocenters. The van der Waals surface area contributed by atoms with Gasteiger partial charge in [0.05, 0.1) is 30.8 Å². The van der Waals surface area contributed by atoms with Crippen molar-refractivity contribution in [2.75, 3.05) is 19.8 Å². The zero-order valence-corrected chi connectivity index (χ0v) is 23.4. The molecule has 5 rings (SSSR count). The lowest BCUT2D eigenvalue weighted by atomic mass is 9.62. The average Bonchev–Trinajstić information content (AvgIpc) is 3.47. The number of nitrogens with zero attached hydrogens (tertiary/aromatic N) is 2. The standard InChI is InChI=1S/C32H38N2O6/c1-5-17-33(19-22-13-9-7-10-14-22)29(37)27-32-18-21(3)31(4,40-32)26(30(38)39-6-2)25(32)28(36)34(27)24(20-35)23-15-11-8-12-16-23/h5,7-16,21,24-27,35H,1,6,17-20H2,2-4H3/t21?,24-,25+,26+,27?,31-,32?/m1/s1. The summed E-state index contributed by atoms with van der Waals surface area (Å²) in [5, 5.41) is 10.7. The number of fused-ring (bicyclic) bond motifs is 1. The molecule has 2 aromatic carbocycles. The molecule has 0 aromatic heterocycles. The van der Waals surface area contributed by atoms with Gasteiger partial charge < -0.3 is 24.4 Å². The molecule has 0 saturated carbocycles. The van der Waals surface area contributed by atoms with E-state index in [1.807, 2.05) is 74.5 Å². The van der Waals surface area contributed by atoms with Crippen molar-refractivity contribution >= 4 is 17.8 Å². The molecule has 7 atom stereocenters. The second-order valence-electron chi connectivity index (χ2n) is 11.3. The molecule has 3 aliphatic heterocycles. The summed E-state index contributed by atoms with van der Waals surface area (Å²) in [5.41, 5.74) is -0.558. The Labute approximate surface area is 235 Å². The van der Waals surface area contributed by atoms with Crippen molar-refractivity contribution in [3.05, 3.63) is 84.4 Å². The molecule has 40 heavy (non-hydrogen) atoms. The number of aliphatic hydroxyl groups is 1. The van der Waals surface area contributed by atoms with Gasteiger partial charge in [0, 0.05) is 13.1 Å². The highest BCUT2D eigenvalue weighted by molar-refractivity contribution is 5.99. The molecule has 3 saturated heterocycles. The maximum atomic E-state index is 14.7. The highest BCUT2D eigenvalue weighted by Crippen LogP contribution is 2.66. The number of rotatable bonds is 10. The fourth-order valence-corrected chi connectivity index (χ4v) is 7.28. The quantitative estimate of drug-likeness (QED) is 0.362. The Bertz CT molecular complexity index is 1270. The first-order valence-electron chi connectivity index (χ1n) is 14.0. The lowest BCUT2D eigenvalue weighted by Crippen LogP contribution is -2.57. The van der Waals surface area contributed by atoms with Crippen LogP contribution in [-0.4, -0.2) is 69.7 Å². The number of amides is 2. The molecule has 1 spiro atoms. The van der Waals surface area contributed by atoms with E-state index in [1.54, 1.807) is 17.9 Å². The number of likely N-dealkylation sites (tertiary alicyclic amines) is 1. The number of hydrogen-bond acceptors (Lipinski definition) is 6. The summed E-state index contributed by atoms with van der Waals surface area (Å²) in [4.78, 5) is 45.8. The Kier molecular flexibility index (Phi) is 7.59. The first-order chi connectivity index (χ1) is 19.2. The topological polar surface area (TPSA) is 96.4 Å². The highest BCUT2D eigenvalue weighted by Gasteiger charge is 2.80. The summed E-state index contributed by atoms with van der Waals surface area (Å²) in [6.45, 7) is 9.82. The molecule has 2 bridgehead atoms. The van der Waals surface area contributed by atoms with E-state index in [0.29, 0.717) is 18.5 Å². The smallest absolute Gasteiger partial charge is 0.312 e. The van der Waals surface area contributed by atoms with Crippen LogP contribution in [0.1, 0.15) is 44.4 Å². The molecule has 8 heteroatoms. The van der Waals surface area contributed by atoms with Gasteiger partial charge in [-0.2, -0.15) is 0 Å². The summed E-state index contributed by atoms with van der Waals surface area (Å²) < 4.78 is 12.3. The molecule has 3 fully saturated rings. The lowest BCUT2D eigenvalue weighted by Gasteiger charge is -2.39. The number of ether oxygens (including phenoxy) is 2. The summed E-state index contributed by atoms with van der Waals surface area (Å²) >= 11 is 0. The van der Waals surface area contributed by atoms with Crippen LogP contribution in [0.3, 0.4) is 0 Å². The maximum Gasteiger partial charge on any atom is 0.312 e. The third-order valence-corrected chi connectivity index (χ3v) is 9.10. The van der Waals surface area contributed by atoms with Crippen molar-refractivity contribution in [3.63, 3.8) is 0 Å². The number of carbonyl (C=O) groups is 3. The lowest BCUT2D eigenvalue weighted by molar-refractivity contribution is -0.163. The van der Waals surface area contributed by atoms with Crippen molar-refractivity contribution in [2.45, 2.75) is 57.0 Å². The van der Waals surface area contributed by atoms with E-state index in [2.05, 4.69) is 6.58 Å². The molecular weight excluding hydrogens is 508 g/mol. The van der Waals surface area contributed by atoms with Crippen LogP contribution in [0.25, 0.3) is 0 Å². The fourth-order valence-electron chi connectivity index (χ4n) is 7.28.